The number of nitrogens with zero attached hydrogens (tertiary/aromatic N) is 4. The molecule has 50 heavy (non-hydrogen) atoms. The number of fused-ring (bicyclic) bond motifs is 14. The fourth-order valence-electron chi connectivity index (χ4n) is 8.21. The van der Waals surface area contributed by atoms with Crippen LogP contribution in [0.25, 0.3) is 95.3 Å². The Hall–Kier alpha value is -6.44. The van der Waals surface area contributed by atoms with Crippen LogP contribution >= 0.6 is 22.7 Å². The molecule has 4 nitrogen and oxygen atoms in total. The third-order valence-corrected chi connectivity index (χ3v) is 12.5. The second-order valence-electron chi connectivity index (χ2n) is 12.7. The molecule has 0 unspecified atom stereocenters. The van der Waals surface area contributed by atoms with Crippen molar-refractivity contribution in [3.8, 4) is 23.5 Å². The lowest BCUT2D eigenvalue weighted by molar-refractivity contribution is 1.11. The molecule has 0 aliphatic carbocycles. The highest BCUT2D eigenvalue weighted by atomic mass is 32.1. The van der Waals surface area contributed by atoms with Gasteiger partial charge in [-0.3, -0.25) is 0 Å². The van der Waals surface area contributed by atoms with Crippen molar-refractivity contribution in [1.29, 1.82) is 10.5 Å². The lowest BCUT2D eigenvalue weighted by atomic mass is 10.0. The maximum atomic E-state index is 11.3. The number of benzene rings is 7. The van der Waals surface area contributed by atoms with Crippen LogP contribution in [-0.4, -0.2) is 9.13 Å². The lowest BCUT2D eigenvalue weighted by Crippen LogP contribution is -2.07. The van der Waals surface area contributed by atoms with E-state index in [1.807, 2.05) is 18.2 Å². The average molecular weight is 671 g/mol. The van der Waals surface area contributed by atoms with Gasteiger partial charge in [-0.2, -0.15) is 10.5 Å². The van der Waals surface area contributed by atoms with Crippen molar-refractivity contribution in [3.63, 3.8) is 0 Å². The quantitative estimate of drug-likeness (QED) is 0.184. The Morgan fingerprint density at radius 2 is 0.920 bits per heavy atom. The van der Waals surface area contributed by atoms with Crippen molar-refractivity contribution >= 4 is 107 Å². The summed E-state index contributed by atoms with van der Waals surface area (Å²) in [5, 5.41) is 31.2. The van der Waals surface area contributed by atoms with Crippen molar-refractivity contribution < 1.29 is 0 Å². The first-order chi connectivity index (χ1) is 24.7. The molecular weight excluding hydrogens is 649 g/mol. The predicted molar refractivity (Wildman–Crippen MR) is 210 cm³/mol. The molecule has 0 aliphatic rings. The summed E-state index contributed by atoms with van der Waals surface area (Å²) in [4.78, 5) is 0. The first-order valence-corrected chi connectivity index (χ1v) is 18.0. The Morgan fingerprint density at radius 1 is 0.420 bits per heavy atom. The van der Waals surface area contributed by atoms with E-state index >= 15 is 0 Å². The SMILES string of the molecule is N#Cc1ccc(-n2c3ccccc3c3ccc4sc5ccccc5c4c32)c(C#N)c1-n1c2ccccc2c2ccc3sc4ccccc4c3c21. The van der Waals surface area contributed by atoms with Crippen LogP contribution in [0.5, 0.6) is 0 Å². The zero-order chi connectivity index (χ0) is 33.1. The van der Waals surface area contributed by atoms with E-state index in [0.717, 1.165) is 54.7 Å². The van der Waals surface area contributed by atoms with Crippen LogP contribution in [0.4, 0.5) is 0 Å². The predicted octanol–water partition coefficient (Wildman–Crippen LogP) is 12.4. The summed E-state index contributed by atoms with van der Waals surface area (Å²) in [6.07, 6.45) is 0. The molecule has 0 N–H and O–H groups in total. The second kappa shape index (κ2) is 10.0. The number of aromatic nitrogens is 2. The minimum absolute atomic E-state index is 0.455. The minimum atomic E-state index is 0.455. The Kier molecular flexibility index (Phi) is 5.52. The number of hydrogen-bond donors (Lipinski definition) is 0. The third-order valence-electron chi connectivity index (χ3n) is 10.2. The molecule has 7 aromatic carbocycles. The fourth-order valence-corrected chi connectivity index (χ4v) is 10.4. The van der Waals surface area contributed by atoms with Gasteiger partial charge in [-0.25, -0.2) is 0 Å². The molecule has 4 heterocycles. The summed E-state index contributed by atoms with van der Waals surface area (Å²) in [6.45, 7) is 0. The molecule has 6 heteroatoms. The van der Waals surface area contributed by atoms with Crippen molar-refractivity contribution in [1.82, 2.24) is 9.13 Å². The van der Waals surface area contributed by atoms with Crippen LogP contribution in [0.1, 0.15) is 11.1 Å². The smallest absolute Gasteiger partial charge is 0.104 e. The molecule has 11 rings (SSSR count). The van der Waals surface area contributed by atoms with Crippen molar-refractivity contribution in [2.45, 2.75) is 0 Å². The van der Waals surface area contributed by atoms with E-state index in [0.29, 0.717) is 16.8 Å². The highest BCUT2D eigenvalue weighted by Crippen LogP contribution is 2.46. The van der Waals surface area contributed by atoms with Crippen molar-refractivity contribution in [2.75, 3.05) is 0 Å². The normalized spacial score (nSPS) is 12.0. The number of para-hydroxylation sites is 2. The van der Waals surface area contributed by atoms with E-state index in [4.69, 9.17) is 0 Å². The van der Waals surface area contributed by atoms with E-state index in [-0.39, 0.29) is 0 Å². The fraction of sp³-hybridized carbons (Fsp3) is 0. The average Bonchev–Trinajstić information content (AvgIpc) is 3.91. The Balaban J connectivity index is 1.36. The molecule has 0 saturated heterocycles. The first kappa shape index (κ1) is 27.5. The highest BCUT2D eigenvalue weighted by Gasteiger charge is 2.26. The molecule has 0 aliphatic heterocycles. The summed E-state index contributed by atoms with van der Waals surface area (Å²) in [6, 6.07) is 51.7. The molecule has 230 valence electrons. The van der Waals surface area contributed by atoms with E-state index < -0.39 is 0 Å². The summed E-state index contributed by atoms with van der Waals surface area (Å²) < 4.78 is 9.26. The van der Waals surface area contributed by atoms with Crippen LogP contribution in [0.15, 0.2) is 133 Å². The number of thiophene rings is 2. The summed E-state index contributed by atoms with van der Waals surface area (Å²) >= 11 is 3.56. The third kappa shape index (κ3) is 3.46. The molecule has 0 fully saturated rings. The molecule has 0 atom stereocenters. The molecule has 0 amide bonds. The molecule has 0 saturated carbocycles. The van der Waals surface area contributed by atoms with E-state index in [1.165, 1.54) is 35.0 Å². The van der Waals surface area contributed by atoms with Crippen molar-refractivity contribution in [3.05, 3.63) is 145 Å². The van der Waals surface area contributed by atoms with Gasteiger partial charge < -0.3 is 9.13 Å². The standard InChI is InChI=1S/C44H22N4S2/c45-23-25-17-20-35(47-33-13-5-1-9-26(33)28-18-21-38-40(43(28)47)30-11-3-7-15-36(30)49-38)32(24-46)42(25)48-34-14-6-2-10-27(34)29-19-22-39-41(44(29)48)31-12-4-8-16-37(31)50-39/h1-22H. The minimum Gasteiger partial charge on any atom is -0.307 e. The summed E-state index contributed by atoms with van der Waals surface area (Å²) in [7, 11) is 0. The van der Waals surface area contributed by atoms with Gasteiger partial charge in [0.05, 0.1) is 39.0 Å². The van der Waals surface area contributed by atoms with E-state index in [1.54, 1.807) is 22.7 Å². The van der Waals surface area contributed by atoms with Gasteiger partial charge in [0.1, 0.15) is 17.7 Å². The molecule has 11 aromatic rings. The second-order valence-corrected chi connectivity index (χ2v) is 14.8. The van der Waals surface area contributed by atoms with Crippen molar-refractivity contribution in [2.24, 2.45) is 0 Å². The van der Waals surface area contributed by atoms with Gasteiger partial charge in [0, 0.05) is 61.9 Å². The van der Waals surface area contributed by atoms with Gasteiger partial charge in [0.2, 0.25) is 0 Å². The molecule has 0 bridgehead atoms. The zero-order valence-corrected chi connectivity index (χ0v) is 27.9. The maximum absolute atomic E-state index is 11.3. The van der Waals surface area contributed by atoms with Crippen LogP contribution in [0.3, 0.4) is 0 Å². The number of rotatable bonds is 2. The Labute approximate surface area is 293 Å². The zero-order valence-electron chi connectivity index (χ0n) is 26.3. The monoisotopic (exact) mass is 670 g/mol. The number of hydrogen-bond acceptors (Lipinski definition) is 4. The van der Waals surface area contributed by atoms with Gasteiger partial charge in [-0.15, -0.1) is 22.7 Å². The molecule has 4 aromatic heterocycles. The van der Waals surface area contributed by atoms with E-state index in [9.17, 15) is 10.5 Å². The highest BCUT2D eigenvalue weighted by molar-refractivity contribution is 7.26. The first-order valence-electron chi connectivity index (χ1n) is 16.4. The van der Waals surface area contributed by atoms with Gasteiger partial charge in [-0.05, 0) is 48.5 Å². The van der Waals surface area contributed by atoms with E-state index in [2.05, 4.69) is 137 Å². The number of nitriles is 2. The van der Waals surface area contributed by atoms with Gasteiger partial charge in [-0.1, -0.05) is 84.9 Å². The van der Waals surface area contributed by atoms with Crippen LogP contribution in [0, 0.1) is 22.7 Å². The maximum Gasteiger partial charge on any atom is 0.104 e. The van der Waals surface area contributed by atoms with Crippen LogP contribution < -0.4 is 0 Å². The van der Waals surface area contributed by atoms with Gasteiger partial charge in [0.15, 0.2) is 0 Å². The summed E-state index contributed by atoms with van der Waals surface area (Å²) in [5.41, 5.74) is 6.34. The van der Waals surface area contributed by atoms with Gasteiger partial charge >= 0.3 is 0 Å². The molecule has 0 spiro atoms. The van der Waals surface area contributed by atoms with Crippen LogP contribution in [-0.2, 0) is 0 Å². The Morgan fingerprint density at radius 3 is 1.48 bits per heavy atom. The van der Waals surface area contributed by atoms with Gasteiger partial charge in [0.25, 0.3) is 0 Å². The lowest BCUT2D eigenvalue weighted by Gasteiger charge is -2.18. The largest absolute Gasteiger partial charge is 0.307 e. The Bertz CT molecular complexity index is 3360. The van der Waals surface area contributed by atoms with Crippen LogP contribution in [0.2, 0.25) is 0 Å². The molecule has 0 radical (unpaired) electrons. The summed E-state index contributed by atoms with van der Waals surface area (Å²) in [5.74, 6) is 0. The topological polar surface area (TPSA) is 57.4 Å². The molecular formula is C44H22N4S2.